The molecule has 224 valence electrons. The molecule has 0 aromatic carbocycles. The number of rotatable bonds is 7. The highest BCUT2D eigenvalue weighted by Gasteiger charge is 2.59. The zero-order valence-corrected chi connectivity index (χ0v) is 24.8. The Hall–Kier alpha value is -1.55. The van der Waals surface area contributed by atoms with Gasteiger partial charge < -0.3 is 29.7 Å². The average molecular weight is 560 g/mol. The second-order valence-corrected chi connectivity index (χ2v) is 13.3. The van der Waals surface area contributed by atoms with Crippen molar-refractivity contribution in [2.45, 2.75) is 95.3 Å². The minimum Gasteiger partial charge on any atom is -0.369 e. The van der Waals surface area contributed by atoms with Crippen molar-refractivity contribution in [1.29, 1.82) is 0 Å². The first-order chi connectivity index (χ1) is 19.4. The molecule has 1 amide bonds. The lowest BCUT2D eigenvalue weighted by atomic mass is 9.65. The monoisotopic (exact) mass is 559 g/mol. The van der Waals surface area contributed by atoms with Crippen molar-refractivity contribution in [3.63, 3.8) is 0 Å². The largest absolute Gasteiger partial charge is 0.369 e. The van der Waals surface area contributed by atoms with Crippen LogP contribution in [-0.4, -0.2) is 127 Å². The fraction of sp³-hybridized carbons (Fsp3) is 0.871. The van der Waals surface area contributed by atoms with Crippen molar-refractivity contribution in [2.75, 3.05) is 59.4 Å². The number of likely N-dealkylation sites (N-methyl/N-ethyl adjacent to an activating group) is 2. The number of ether oxygens (including phenoxy) is 1. The van der Waals surface area contributed by atoms with Gasteiger partial charge in [0.1, 0.15) is 6.17 Å². The summed E-state index contributed by atoms with van der Waals surface area (Å²) >= 11 is 0. The predicted molar refractivity (Wildman–Crippen MR) is 153 cm³/mol. The number of fused-ring (bicyclic) bond motifs is 3. The summed E-state index contributed by atoms with van der Waals surface area (Å²) in [6.45, 7) is 10.7. The van der Waals surface area contributed by atoms with E-state index < -0.39 is 24.2 Å². The number of halogens is 1. The first-order valence-electron chi connectivity index (χ1n) is 16.2. The molecule has 1 N–H and O–H groups in total. The molecule has 3 aliphatic heterocycles. The molecule has 0 bridgehead atoms. The molecule has 3 aliphatic carbocycles. The normalized spacial score (nSPS) is 39.9. The zero-order valence-electron chi connectivity index (χ0n) is 24.8. The smallest absolute Gasteiger partial charge is 0.259 e. The third-order valence-corrected chi connectivity index (χ3v) is 11.2. The van der Waals surface area contributed by atoms with Gasteiger partial charge in [-0.15, -0.1) is 0 Å². The Morgan fingerprint density at radius 1 is 1.07 bits per heavy atom. The lowest BCUT2D eigenvalue weighted by Gasteiger charge is -2.61. The predicted octanol–water partition coefficient (Wildman–Crippen LogP) is 2.29. The van der Waals surface area contributed by atoms with Crippen LogP contribution in [0.2, 0.25) is 0 Å². The SMILES string of the molecule is CCN(CC)CCNC1C(F)CC2C(=O)C(C(=O)N3CCN(C)CC3)=CN3C4CC5CCCCC5CC4OC1C23. The number of Topliss-reactive ketones (excluding diaryl/α,β-unsaturated/α-hetero) is 1. The molecular formula is C31H50FN5O3. The fourth-order valence-corrected chi connectivity index (χ4v) is 8.79. The van der Waals surface area contributed by atoms with Gasteiger partial charge in [0.05, 0.1) is 35.9 Å². The summed E-state index contributed by atoms with van der Waals surface area (Å²) in [7, 11) is 2.06. The number of nitrogens with one attached hydrogen (secondary N) is 1. The molecule has 9 unspecified atom stereocenters. The quantitative estimate of drug-likeness (QED) is 0.480. The number of hydrogen-bond donors (Lipinski definition) is 1. The number of ketones is 1. The topological polar surface area (TPSA) is 68.4 Å². The summed E-state index contributed by atoms with van der Waals surface area (Å²) in [6.07, 6.45) is 7.64. The summed E-state index contributed by atoms with van der Waals surface area (Å²) in [5.74, 6) is 0.465. The molecule has 9 atom stereocenters. The second-order valence-electron chi connectivity index (χ2n) is 13.3. The zero-order chi connectivity index (χ0) is 28.0. The van der Waals surface area contributed by atoms with Crippen LogP contribution in [0.15, 0.2) is 11.8 Å². The molecule has 5 fully saturated rings. The number of hydrogen-bond acceptors (Lipinski definition) is 7. The van der Waals surface area contributed by atoms with Crippen molar-refractivity contribution >= 4 is 11.7 Å². The standard InChI is InChI=1S/C31H50FN5O3/c1-4-35(5-2)11-10-33-27-24(32)18-22-28-30(27)40-26-17-21-9-7-6-8-20(21)16-25(26)37(28)19-23(29(22)38)31(39)36-14-12-34(3)13-15-36/h19-22,24-28,30,33H,4-18H2,1-3H3. The van der Waals surface area contributed by atoms with Gasteiger partial charge in [-0.25, -0.2) is 4.39 Å². The summed E-state index contributed by atoms with van der Waals surface area (Å²) in [6, 6.07) is -0.504. The second kappa shape index (κ2) is 12.0. The van der Waals surface area contributed by atoms with Crippen LogP contribution in [0, 0.1) is 17.8 Å². The van der Waals surface area contributed by atoms with Crippen molar-refractivity contribution in [1.82, 2.24) is 24.9 Å². The van der Waals surface area contributed by atoms with E-state index in [0.29, 0.717) is 31.5 Å². The van der Waals surface area contributed by atoms with Crippen LogP contribution in [0.25, 0.3) is 0 Å². The lowest BCUT2D eigenvalue weighted by Crippen LogP contribution is -2.73. The van der Waals surface area contributed by atoms with Crippen molar-refractivity contribution in [3.8, 4) is 0 Å². The molecule has 2 saturated heterocycles. The minimum atomic E-state index is -1.19. The Bertz CT molecular complexity index is 967. The van der Waals surface area contributed by atoms with Gasteiger partial charge in [0.25, 0.3) is 5.91 Å². The van der Waals surface area contributed by atoms with E-state index in [2.05, 4.69) is 40.9 Å². The van der Waals surface area contributed by atoms with Crippen LogP contribution in [-0.2, 0) is 14.3 Å². The number of carbonyl (C=O) groups excluding carboxylic acids is 2. The van der Waals surface area contributed by atoms with Crippen molar-refractivity contribution in [2.24, 2.45) is 17.8 Å². The van der Waals surface area contributed by atoms with Crippen LogP contribution in [0.1, 0.15) is 58.8 Å². The van der Waals surface area contributed by atoms with Gasteiger partial charge >= 0.3 is 0 Å². The first-order valence-corrected chi connectivity index (χ1v) is 16.2. The van der Waals surface area contributed by atoms with Gasteiger partial charge in [-0.2, -0.15) is 0 Å². The van der Waals surface area contributed by atoms with Gasteiger partial charge in [0.15, 0.2) is 5.78 Å². The number of alkyl halides is 1. The molecule has 3 saturated carbocycles. The Balaban J connectivity index is 1.30. The van der Waals surface area contributed by atoms with E-state index in [1.807, 2.05) is 11.1 Å². The van der Waals surface area contributed by atoms with Gasteiger partial charge in [-0.1, -0.05) is 39.5 Å². The van der Waals surface area contributed by atoms with Crippen LogP contribution < -0.4 is 5.32 Å². The van der Waals surface area contributed by atoms with E-state index in [1.54, 1.807) is 0 Å². The molecule has 0 aromatic rings. The number of piperazine rings is 1. The highest BCUT2D eigenvalue weighted by molar-refractivity contribution is 6.20. The summed E-state index contributed by atoms with van der Waals surface area (Å²) in [5.41, 5.74) is 0.274. The number of carbonyl (C=O) groups is 2. The lowest BCUT2D eigenvalue weighted by molar-refractivity contribution is -0.208. The van der Waals surface area contributed by atoms with E-state index in [0.717, 1.165) is 45.6 Å². The maximum Gasteiger partial charge on any atom is 0.259 e. The highest BCUT2D eigenvalue weighted by Crippen LogP contribution is 2.50. The maximum atomic E-state index is 16.0. The Labute approximate surface area is 239 Å². The Morgan fingerprint density at radius 2 is 1.77 bits per heavy atom. The average Bonchev–Trinajstić information content (AvgIpc) is 2.97. The van der Waals surface area contributed by atoms with E-state index >= 15 is 4.39 Å². The number of morpholine rings is 1. The van der Waals surface area contributed by atoms with Crippen LogP contribution in [0.3, 0.4) is 0 Å². The van der Waals surface area contributed by atoms with Gasteiger partial charge in [-0.3, -0.25) is 9.59 Å². The molecular weight excluding hydrogens is 509 g/mol. The molecule has 8 nitrogen and oxygen atoms in total. The van der Waals surface area contributed by atoms with Crippen LogP contribution >= 0.6 is 0 Å². The number of nitrogens with zero attached hydrogens (tertiary/aromatic N) is 4. The van der Waals surface area contributed by atoms with Gasteiger partial charge in [0.2, 0.25) is 0 Å². The van der Waals surface area contributed by atoms with Crippen molar-refractivity contribution < 1.29 is 18.7 Å². The molecule has 40 heavy (non-hydrogen) atoms. The third-order valence-electron chi connectivity index (χ3n) is 11.2. The molecule has 6 aliphatic rings. The van der Waals surface area contributed by atoms with Gasteiger partial charge in [0, 0.05) is 51.4 Å². The van der Waals surface area contributed by atoms with E-state index in [4.69, 9.17) is 4.74 Å². The van der Waals surface area contributed by atoms with Crippen molar-refractivity contribution in [3.05, 3.63) is 11.8 Å². The summed E-state index contributed by atoms with van der Waals surface area (Å²) in [4.78, 5) is 36.4. The highest BCUT2D eigenvalue weighted by atomic mass is 19.1. The Kier molecular flexibility index (Phi) is 8.55. The molecule has 0 spiro atoms. The summed E-state index contributed by atoms with van der Waals surface area (Å²) < 4.78 is 22.9. The van der Waals surface area contributed by atoms with E-state index in [9.17, 15) is 9.59 Å². The van der Waals surface area contributed by atoms with Crippen LogP contribution in [0.5, 0.6) is 0 Å². The molecule has 9 heteroatoms. The molecule has 0 aromatic heterocycles. The first kappa shape index (κ1) is 28.6. The van der Waals surface area contributed by atoms with E-state index in [1.165, 1.54) is 25.7 Å². The summed E-state index contributed by atoms with van der Waals surface area (Å²) in [5, 5.41) is 3.54. The third kappa shape index (κ3) is 5.25. The molecule has 3 heterocycles. The number of amides is 1. The van der Waals surface area contributed by atoms with Gasteiger partial charge in [-0.05, 0) is 51.2 Å². The van der Waals surface area contributed by atoms with E-state index in [-0.39, 0.29) is 41.9 Å². The molecule has 0 radical (unpaired) electrons. The fourth-order valence-electron chi connectivity index (χ4n) is 8.79. The van der Waals surface area contributed by atoms with Crippen LogP contribution in [0.4, 0.5) is 4.39 Å². The maximum absolute atomic E-state index is 16.0. The minimum absolute atomic E-state index is 0.0167. The molecule has 6 rings (SSSR count). The Morgan fingerprint density at radius 3 is 2.48 bits per heavy atom.